The number of aromatic nitrogens is 3. The summed E-state index contributed by atoms with van der Waals surface area (Å²) in [6.45, 7) is 4.09. The van der Waals surface area contributed by atoms with Crippen molar-refractivity contribution in [1.82, 2.24) is 14.8 Å². The number of nitrogens with zero attached hydrogens (tertiary/aromatic N) is 2. The van der Waals surface area contributed by atoms with Crippen LogP contribution in [0.1, 0.15) is 37.8 Å². The predicted molar refractivity (Wildman–Crippen MR) is 112 cm³/mol. The highest BCUT2D eigenvalue weighted by Crippen LogP contribution is 2.35. The quantitative estimate of drug-likeness (QED) is 0.491. The molecule has 3 rings (SSSR count). The van der Waals surface area contributed by atoms with Gasteiger partial charge < -0.3 is 14.9 Å². The summed E-state index contributed by atoms with van der Waals surface area (Å²) in [5.74, 6) is 1.35. The van der Waals surface area contributed by atoms with E-state index < -0.39 is 0 Å². The Bertz CT molecular complexity index is 1040. The molecule has 0 atom stereocenters. The van der Waals surface area contributed by atoms with Crippen molar-refractivity contribution in [3.05, 3.63) is 46.2 Å². The first kappa shape index (κ1) is 19.9. The molecule has 0 saturated heterocycles. The highest BCUT2D eigenvalue weighted by molar-refractivity contribution is 7.71. The molecule has 3 aromatic rings. The number of aromatic amines is 1. The topological polar surface area (TPSA) is 83.3 Å². The number of nitrogens with one attached hydrogen (secondary N) is 1. The minimum absolute atomic E-state index is 0.0512. The smallest absolute Gasteiger partial charge is 0.200 e. The highest BCUT2D eigenvalue weighted by atomic mass is 32.1. The molecule has 0 amide bonds. The third-order valence-electron chi connectivity index (χ3n) is 4.81. The monoisotopic (exact) mass is 399 g/mol. The summed E-state index contributed by atoms with van der Waals surface area (Å²) in [6.07, 6.45) is 3.68. The second kappa shape index (κ2) is 8.48. The zero-order chi connectivity index (χ0) is 20.3. The maximum atomic E-state index is 10.4. The minimum Gasteiger partial charge on any atom is -0.508 e. The first-order chi connectivity index (χ1) is 13.5. The zero-order valence-electron chi connectivity index (χ0n) is 16.3. The van der Waals surface area contributed by atoms with Crippen LogP contribution in [0.15, 0.2) is 30.3 Å². The number of phenols is 2. The van der Waals surface area contributed by atoms with Crippen molar-refractivity contribution in [1.29, 1.82) is 0 Å². The molecule has 1 heterocycles. The van der Waals surface area contributed by atoms with Crippen LogP contribution in [0, 0.1) is 4.77 Å². The lowest BCUT2D eigenvalue weighted by atomic mass is 10.0. The van der Waals surface area contributed by atoms with Crippen LogP contribution in [0.3, 0.4) is 0 Å². The Morgan fingerprint density at radius 1 is 1.11 bits per heavy atom. The maximum Gasteiger partial charge on any atom is 0.200 e. The van der Waals surface area contributed by atoms with Gasteiger partial charge in [-0.3, -0.25) is 9.67 Å². The van der Waals surface area contributed by atoms with Crippen LogP contribution in [0.5, 0.6) is 17.2 Å². The number of methoxy groups -OCH3 is 1. The van der Waals surface area contributed by atoms with E-state index in [9.17, 15) is 10.2 Å². The van der Waals surface area contributed by atoms with E-state index in [1.54, 1.807) is 17.7 Å². The van der Waals surface area contributed by atoms with Gasteiger partial charge in [-0.05, 0) is 66.9 Å². The molecule has 0 bridgehead atoms. The Balaban J connectivity index is 2.16. The number of ether oxygens (including phenoxy) is 1. The molecule has 0 spiro atoms. The fourth-order valence-corrected chi connectivity index (χ4v) is 3.51. The molecule has 28 heavy (non-hydrogen) atoms. The number of hydrogen-bond donors (Lipinski definition) is 3. The summed E-state index contributed by atoms with van der Waals surface area (Å²) in [5.41, 5.74) is 3.17. The first-order valence-electron chi connectivity index (χ1n) is 9.40. The Kier molecular flexibility index (Phi) is 6.04. The first-order valence-corrected chi connectivity index (χ1v) is 9.80. The van der Waals surface area contributed by atoms with Gasteiger partial charge in [0.2, 0.25) is 0 Å². The van der Waals surface area contributed by atoms with E-state index in [4.69, 9.17) is 17.0 Å². The standard InChI is InChI=1S/C21H25N3O3S/c1-4-6-7-14-10-15(8-9-19(14)27-3)24-20(22-23-21(24)28)16-11-13(5-2)17(25)12-18(16)26/h8-12,25-26H,4-7H2,1-3H3,(H,23,28). The number of benzene rings is 2. The molecule has 0 saturated carbocycles. The van der Waals surface area contributed by atoms with Crippen LogP contribution in [0.25, 0.3) is 17.1 Å². The summed E-state index contributed by atoms with van der Waals surface area (Å²) in [4.78, 5) is 0. The van der Waals surface area contributed by atoms with E-state index in [-0.39, 0.29) is 11.5 Å². The lowest BCUT2D eigenvalue weighted by Crippen LogP contribution is -2.01. The fourth-order valence-electron chi connectivity index (χ4n) is 3.27. The van der Waals surface area contributed by atoms with Gasteiger partial charge in [0.05, 0.1) is 18.4 Å². The number of hydrogen-bond acceptors (Lipinski definition) is 5. The second-order valence-corrected chi connectivity index (χ2v) is 7.03. The number of rotatable bonds is 7. The Morgan fingerprint density at radius 3 is 2.57 bits per heavy atom. The van der Waals surface area contributed by atoms with Gasteiger partial charge in [0.1, 0.15) is 17.2 Å². The third kappa shape index (κ3) is 3.75. The molecule has 3 N–H and O–H groups in total. The normalized spacial score (nSPS) is 11.0. The summed E-state index contributed by atoms with van der Waals surface area (Å²) >= 11 is 5.46. The molecule has 2 aromatic carbocycles. The van der Waals surface area contributed by atoms with E-state index in [2.05, 4.69) is 17.1 Å². The van der Waals surface area contributed by atoms with Gasteiger partial charge >= 0.3 is 0 Å². The summed E-state index contributed by atoms with van der Waals surface area (Å²) < 4.78 is 7.71. The molecule has 0 aliphatic rings. The second-order valence-electron chi connectivity index (χ2n) is 6.64. The van der Waals surface area contributed by atoms with Gasteiger partial charge in [-0.15, -0.1) is 0 Å². The molecule has 6 nitrogen and oxygen atoms in total. The highest BCUT2D eigenvalue weighted by Gasteiger charge is 2.18. The lowest BCUT2D eigenvalue weighted by Gasteiger charge is -2.14. The van der Waals surface area contributed by atoms with Crippen LogP contribution in [0.4, 0.5) is 0 Å². The van der Waals surface area contributed by atoms with Crippen LogP contribution in [-0.2, 0) is 12.8 Å². The summed E-state index contributed by atoms with van der Waals surface area (Å²) in [5, 5.41) is 27.6. The number of phenolic OH excluding ortho intramolecular Hbond substituents is 2. The van der Waals surface area contributed by atoms with Gasteiger partial charge in [-0.2, -0.15) is 5.10 Å². The van der Waals surface area contributed by atoms with E-state index in [1.165, 1.54) is 6.07 Å². The van der Waals surface area contributed by atoms with Crippen molar-refractivity contribution in [2.75, 3.05) is 7.11 Å². The Morgan fingerprint density at radius 2 is 1.89 bits per heavy atom. The van der Waals surface area contributed by atoms with Crippen LogP contribution < -0.4 is 4.74 Å². The summed E-state index contributed by atoms with van der Waals surface area (Å²) in [6, 6.07) is 8.97. The van der Waals surface area contributed by atoms with E-state index in [1.807, 2.05) is 25.1 Å². The van der Waals surface area contributed by atoms with Crippen molar-refractivity contribution in [3.63, 3.8) is 0 Å². The van der Waals surface area contributed by atoms with E-state index in [0.717, 1.165) is 41.8 Å². The molecule has 7 heteroatoms. The molecular weight excluding hydrogens is 374 g/mol. The third-order valence-corrected chi connectivity index (χ3v) is 5.09. The molecule has 148 valence electrons. The SMILES string of the molecule is CCCCc1cc(-n2c(-c3cc(CC)c(O)cc3O)n[nH]c2=S)ccc1OC. The minimum atomic E-state index is -0.0512. The Hall–Kier alpha value is -2.80. The van der Waals surface area contributed by atoms with Crippen LogP contribution >= 0.6 is 12.2 Å². The van der Waals surface area contributed by atoms with Crippen molar-refractivity contribution >= 4 is 12.2 Å². The van der Waals surface area contributed by atoms with Crippen LogP contribution in [-0.4, -0.2) is 32.1 Å². The van der Waals surface area contributed by atoms with Gasteiger partial charge in [-0.1, -0.05) is 20.3 Å². The van der Waals surface area contributed by atoms with Gasteiger partial charge in [0.15, 0.2) is 10.6 Å². The number of unbranched alkanes of at least 4 members (excludes halogenated alkanes) is 1. The fraction of sp³-hybridized carbons (Fsp3) is 0.333. The van der Waals surface area contributed by atoms with Crippen LogP contribution in [0.2, 0.25) is 0 Å². The molecule has 0 unspecified atom stereocenters. The van der Waals surface area contributed by atoms with E-state index >= 15 is 0 Å². The number of aryl methyl sites for hydroxylation is 2. The maximum absolute atomic E-state index is 10.4. The molecular formula is C21H25N3O3S. The summed E-state index contributed by atoms with van der Waals surface area (Å²) in [7, 11) is 1.67. The molecule has 0 fully saturated rings. The average Bonchev–Trinajstić information content (AvgIpc) is 3.07. The molecule has 0 aliphatic carbocycles. The van der Waals surface area contributed by atoms with Gasteiger partial charge in [0, 0.05) is 6.07 Å². The van der Waals surface area contributed by atoms with E-state index in [0.29, 0.717) is 22.6 Å². The molecule has 1 aromatic heterocycles. The van der Waals surface area contributed by atoms with Crippen molar-refractivity contribution in [2.24, 2.45) is 0 Å². The Labute approximate surface area is 169 Å². The lowest BCUT2D eigenvalue weighted by molar-refractivity contribution is 0.409. The van der Waals surface area contributed by atoms with Crippen molar-refractivity contribution < 1.29 is 14.9 Å². The van der Waals surface area contributed by atoms with Gasteiger partial charge in [-0.25, -0.2) is 0 Å². The predicted octanol–water partition coefficient (Wildman–Crippen LogP) is 4.92. The molecule has 0 radical (unpaired) electrons. The van der Waals surface area contributed by atoms with Crippen molar-refractivity contribution in [2.45, 2.75) is 39.5 Å². The zero-order valence-corrected chi connectivity index (χ0v) is 17.1. The number of aromatic hydroxyl groups is 2. The van der Waals surface area contributed by atoms with Crippen molar-refractivity contribution in [3.8, 4) is 34.3 Å². The largest absolute Gasteiger partial charge is 0.508 e. The molecule has 0 aliphatic heterocycles. The average molecular weight is 400 g/mol. The van der Waals surface area contributed by atoms with Gasteiger partial charge in [0.25, 0.3) is 0 Å². The number of H-pyrrole nitrogens is 1.